The molecule has 0 radical (unpaired) electrons. The van der Waals surface area contributed by atoms with Gasteiger partial charge in [0, 0.05) is 19.2 Å². The number of aryl methyl sites for hydroxylation is 1. The van der Waals surface area contributed by atoms with Gasteiger partial charge in [-0.25, -0.2) is 0 Å². The summed E-state index contributed by atoms with van der Waals surface area (Å²) < 4.78 is 0.965. The zero-order valence-electron chi connectivity index (χ0n) is 8.51. The SMILES string of the molecule is Cc1ccc(C(Cl)c2ccc(Br)cc2Cl)s1. The lowest BCUT2D eigenvalue weighted by Gasteiger charge is -2.10. The van der Waals surface area contributed by atoms with Gasteiger partial charge in [-0.3, -0.25) is 0 Å². The summed E-state index contributed by atoms with van der Waals surface area (Å²) in [6.07, 6.45) is 0. The van der Waals surface area contributed by atoms with E-state index in [4.69, 9.17) is 23.2 Å². The lowest BCUT2D eigenvalue weighted by atomic mass is 10.1. The van der Waals surface area contributed by atoms with Crippen molar-refractivity contribution in [2.24, 2.45) is 0 Å². The minimum Gasteiger partial charge on any atom is -0.144 e. The van der Waals surface area contributed by atoms with Gasteiger partial charge in [-0.15, -0.1) is 22.9 Å². The van der Waals surface area contributed by atoms with E-state index in [0.29, 0.717) is 5.02 Å². The molecule has 0 saturated heterocycles. The quantitative estimate of drug-likeness (QED) is 0.608. The van der Waals surface area contributed by atoms with E-state index >= 15 is 0 Å². The summed E-state index contributed by atoms with van der Waals surface area (Å²) in [5.41, 5.74) is 0.952. The molecular formula is C12H9BrCl2S. The second-order valence-corrected chi connectivity index (χ2v) is 6.56. The van der Waals surface area contributed by atoms with E-state index in [1.54, 1.807) is 11.3 Å². The Kier molecular flexibility index (Phi) is 3.96. The first-order chi connectivity index (χ1) is 7.58. The third kappa shape index (κ3) is 2.62. The molecule has 0 spiro atoms. The molecule has 16 heavy (non-hydrogen) atoms. The molecule has 1 atom stereocenters. The van der Waals surface area contributed by atoms with Gasteiger partial charge in [0.2, 0.25) is 0 Å². The van der Waals surface area contributed by atoms with Gasteiger partial charge in [0.15, 0.2) is 0 Å². The molecular weight excluding hydrogens is 327 g/mol. The molecule has 2 aromatic rings. The molecule has 0 bridgehead atoms. The Bertz CT molecular complexity index is 507. The molecule has 2 rings (SSSR count). The molecule has 0 fully saturated rings. The fraction of sp³-hybridized carbons (Fsp3) is 0.167. The molecule has 4 heteroatoms. The van der Waals surface area contributed by atoms with Crippen LogP contribution < -0.4 is 0 Å². The van der Waals surface area contributed by atoms with Gasteiger partial charge in [0.1, 0.15) is 0 Å². The van der Waals surface area contributed by atoms with Crippen LogP contribution in [-0.4, -0.2) is 0 Å². The number of rotatable bonds is 2. The van der Waals surface area contributed by atoms with Crippen LogP contribution in [0.15, 0.2) is 34.8 Å². The first-order valence-electron chi connectivity index (χ1n) is 4.73. The predicted octanol–water partition coefficient (Wildman–Crippen LogP) is 5.80. The van der Waals surface area contributed by atoms with Crippen LogP contribution in [0.5, 0.6) is 0 Å². The van der Waals surface area contributed by atoms with Crippen molar-refractivity contribution in [3.8, 4) is 0 Å². The molecule has 1 aromatic carbocycles. The van der Waals surface area contributed by atoms with Crippen LogP contribution >= 0.6 is 50.5 Å². The van der Waals surface area contributed by atoms with Crippen LogP contribution in [0.2, 0.25) is 5.02 Å². The Morgan fingerprint density at radius 1 is 1.25 bits per heavy atom. The van der Waals surface area contributed by atoms with Gasteiger partial charge in [-0.2, -0.15) is 0 Å². The fourth-order valence-electron chi connectivity index (χ4n) is 1.45. The standard InChI is InChI=1S/C12H9BrCl2S/c1-7-2-5-11(16-7)12(15)9-4-3-8(13)6-10(9)14/h2-6,12H,1H3. The molecule has 1 aromatic heterocycles. The van der Waals surface area contributed by atoms with Crippen molar-refractivity contribution in [3.63, 3.8) is 0 Å². The molecule has 0 nitrogen and oxygen atoms in total. The highest BCUT2D eigenvalue weighted by atomic mass is 79.9. The highest BCUT2D eigenvalue weighted by molar-refractivity contribution is 9.10. The second-order valence-electron chi connectivity index (χ2n) is 3.48. The number of benzene rings is 1. The van der Waals surface area contributed by atoms with E-state index in [1.165, 1.54) is 4.88 Å². The number of halogens is 3. The Morgan fingerprint density at radius 2 is 2.00 bits per heavy atom. The van der Waals surface area contributed by atoms with Crippen LogP contribution in [0, 0.1) is 6.92 Å². The Morgan fingerprint density at radius 3 is 2.56 bits per heavy atom. The van der Waals surface area contributed by atoms with E-state index in [-0.39, 0.29) is 5.38 Å². The molecule has 0 aliphatic carbocycles. The zero-order valence-corrected chi connectivity index (χ0v) is 12.4. The minimum absolute atomic E-state index is 0.167. The van der Waals surface area contributed by atoms with Crippen molar-refractivity contribution in [1.82, 2.24) is 0 Å². The maximum atomic E-state index is 6.41. The number of hydrogen-bond acceptors (Lipinski definition) is 1. The van der Waals surface area contributed by atoms with Crippen molar-refractivity contribution in [1.29, 1.82) is 0 Å². The maximum absolute atomic E-state index is 6.41. The summed E-state index contributed by atoms with van der Waals surface area (Å²) >= 11 is 17.7. The van der Waals surface area contributed by atoms with E-state index in [1.807, 2.05) is 18.2 Å². The second kappa shape index (κ2) is 5.09. The van der Waals surface area contributed by atoms with Crippen LogP contribution in [-0.2, 0) is 0 Å². The van der Waals surface area contributed by atoms with Crippen molar-refractivity contribution >= 4 is 50.5 Å². The first-order valence-corrected chi connectivity index (χ1v) is 7.15. The Balaban J connectivity index is 2.37. The van der Waals surface area contributed by atoms with Crippen LogP contribution in [0.25, 0.3) is 0 Å². The molecule has 84 valence electrons. The predicted molar refractivity (Wildman–Crippen MR) is 75.9 cm³/mol. The third-order valence-electron chi connectivity index (χ3n) is 2.25. The number of alkyl halides is 1. The molecule has 0 amide bonds. The minimum atomic E-state index is -0.167. The fourth-order valence-corrected chi connectivity index (χ4v) is 3.56. The van der Waals surface area contributed by atoms with Gasteiger partial charge in [0.25, 0.3) is 0 Å². The van der Waals surface area contributed by atoms with Gasteiger partial charge in [-0.05, 0) is 36.8 Å². The summed E-state index contributed by atoms with van der Waals surface area (Å²) in [6, 6.07) is 9.90. The summed E-state index contributed by atoms with van der Waals surface area (Å²) in [6.45, 7) is 2.07. The monoisotopic (exact) mass is 334 g/mol. The van der Waals surface area contributed by atoms with E-state index in [9.17, 15) is 0 Å². The summed E-state index contributed by atoms with van der Waals surface area (Å²) in [5.74, 6) is 0. The number of hydrogen-bond donors (Lipinski definition) is 0. The van der Waals surface area contributed by atoms with Crippen LogP contribution in [0.4, 0.5) is 0 Å². The summed E-state index contributed by atoms with van der Waals surface area (Å²) in [4.78, 5) is 2.39. The Labute approximate surface area is 117 Å². The zero-order chi connectivity index (χ0) is 11.7. The largest absolute Gasteiger partial charge is 0.144 e. The average Bonchev–Trinajstić information content (AvgIpc) is 2.64. The highest BCUT2D eigenvalue weighted by Crippen LogP contribution is 2.37. The van der Waals surface area contributed by atoms with E-state index < -0.39 is 0 Å². The topological polar surface area (TPSA) is 0 Å². The Hall–Kier alpha value is -0.0200. The summed E-state index contributed by atoms with van der Waals surface area (Å²) in [7, 11) is 0. The van der Waals surface area contributed by atoms with Gasteiger partial charge < -0.3 is 0 Å². The maximum Gasteiger partial charge on any atom is 0.0942 e. The number of thiophene rings is 1. The van der Waals surface area contributed by atoms with Crippen molar-refractivity contribution in [2.45, 2.75) is 12.3 Å². The normalized spacial score (nSPS) is 12.8. The van der Waals surface area contributed by atoms with E-state index in [0.717, 1.165) is 14.9 Å². The molecule has 0 aliphatic rings. The van der Waals surface area contributed by atoms with Crippen molar-refractivity contribution < 1.29 is 0 Å². The molecule has 0 N–H and O–H groups in total. The lowest BCUT2D eigenvalue weighted by molar-refractivity contribution is 1.18. The van der Waals surface area contributed by atoms with Crippen LogP contribution in [0.3, 0.4) is 0 Å². The van der Waals surface area contributed by atoms with Gasteiger partial charge >= 0.3 is 0 Å². The third-order valence-corrected chi connectivity index (χ3v) is 4.73. The van der Waals surface area contributed by atoms with Gasteiger partial charge in [-0.1, -0.05) is 33.6 Å². The average molecular weight is 336 g/mol. The van der Waals surface area contributed by atoms with Crippen LogP contribution in [0.1, 0.15) is 20.7 Å². The molecule has 1 heterocycles. The van der Waals surface area contributed by atoms with Gasteiger partial charge in [0.05, 0.1) is 5.38 Å². The van der Waals surface area contributed by atoms with Crippen molar-refractivity contribution in [3.05, 3.63) is 55.1 Å². The molecule has 1 unspecified atom stereocenters. The molecule has 0 aliphatic heterocycles. The summed E-state index contributed by atoms with van der Waals surface area (Å²) in [5, 5.41) is 0.528. The lowest BCUT2D eigenvalue weighted by Crippen LogP contribution is -1.91. The highest BCUT2D eigenvalue weighted by Gasteiger charge is 2.15. The van der Waals surface area contributed by atoms with Crippen molar-refractivity contribution in [2.75, 3.05) is 0 Å². The van der Waals surface area contributed by atoms with E-state index in [2.05, 4.69) is 35.0 Å². The first kappa shape index (κ1) is 12.4. The molecule has 0 saturated carbocycles. The smallest absolute Gasteiger partial charge is 0.0942 e.